The summed E-state index contributed by atoms with van der Waals surface area (Å²) in [5.41, 5.74) is 0. The first-order valence-electron chi connectivity index (χ1n) is 3.36. The zero-order valence-electron chi connectivity index (χ0n) is 6.48. The Kier molecular flexibility index (Phi) is 2.80. The van der Waals surface area contributed by atoms with Crippen LogP contribution in [0.2, 0.25) is 0 Å². The van der Waals surface area contributed by atoms with Crippen molar-refractivity contribution in [3.05, 3.63) is 29.6 Å². The summed E-state index contributed by atoms with van der Waals surface area (Å²) in [5.74, 6) is -1.73. The Labute approximate surface area is 73.1 Å². The van der Waals surface area contributed by atoms with Crippen molar-refractivity contribution in [2.45, 2.75) is 0 Å². The smallest absolute Gasteiger partial charge is 0.168 e. The van der Waals surface area contributed by atoms with Crippen LogP contribution in [0.4, 0.5) is 13.2 Å². The predicted molar refractivity (Wildman–Crippen MR) is 40.6 cm³/mol. The van der Waals surface area contributed by atoms with Gasteiger partial charge in [-0.2, -0.15) is 0 Å². The van der Waals surface area contributed by atoms with Gasteiger partial charge in [0.05, 0.1) is 0 Å². The highest BCUT2D eigenvalue weighted by Crippen LogP contribution is 2.20. The molecule has 0 N–H and O–H groups in total. The van der Waals surface area contributed by atoms with E-state index >= 15 is 0 Å². The number of hydrogen-bond donors (Lipinski definition) is 0. The summed E-state index contributed by atoms with van der Waals surface area (Å²) < 4.78 is 42.2. The van der Waals surface area contributed by atoms with Gasteiger partial charge in [0.1, 0.15) is 6.61 Å². The second kappa shape index (κ2) is 3.85. The van der Waals surface area contributed by atoms with E-state index in [1.807, 2.05) is 0 Å². The van der Waals surface area contributed by atoms with Crippen LogP contribution in [-0.4, -0.2) is 6.61 Å². The topological polar surface area (TPSA) is 9.23 Å². The van der Waals surface area contributed by atoms with Crippen LogP contribution in [0.25, 0.3) is 0 Å². The maximum absolute atomic E-state index is 12.8. The summed E-state index contributed by atoms with van der Waals surface area (Å²) in [5, 5.41) is 0. The molecule has 1 rings (SSSR count). The van der Waals surface area contributed by atoms with Gasteiger partial charge < -0.3 is 4.74 Å². The monoisotopic (exact) mass is 186 g/mol. The largest absolute Gasteiger partial charge is 0.478 e. The molecule has 0 aliphatic carbocycles. The summed E-state index contributed by atoms with van der Waals surface area (Å²) in [7, 11) is 0. The third-order valence-corrected chi connectivity index (χ3v) is 1.29. The average Bonchev–Trinajstić information content (AvgIpc) is 2.09. The van der Waals surface area contributed by atoms with Crippen LogP contribution in [0.15, 0.2) is 12.1 Å². The average molecular weight is 186 g/mol. The maximum Gasteiger partial charge on any atom is 0.168 e. The Bertz CT molecular complexity index is 355. The van der Waals surface area contributed by atoms with E-state index in [4.69, 9.17) is 6.42 Å². The van der Waals surface area contributed by atoms with Crippen molar-refractivity contribution in [1.29, 1.82) is 0 Å². The quantitative estimate of drug-likeness (QED) is 0.507. The molecule has 0 saturated heterocycles. The van der Waals surface area contributed by atoms with E-state index in [2.05, 4.69) is 10.7 Å². The van der Waals surface area contributed by atoms with E-state index in [1.165, 1.54) is 0 Å². The Hall–Kier alpha value is -1.63. The fourth-order valence-corrected chi connectivity index (χ4v) is 0.734. The number of rotatable bonds is 2. The van der Waals surface area contributed by atoms with Crippen molar-refractivity contribution in [3.63, 3.8) is 0 Å². The van der Waals surface area contributed by atoms with Gasteiger partial charge in [-0.25, -0.2) is 13.2 Å². The number of hydrogen-bond acceptors (Lipinski definition) is 1. The molecule has 1 nitrogen and oxygen atoms in total. The highest BCUT2D eigenvalue weighted by Gasteiger charge is 2.09. The lowest BCUT2D eigenvalue weighted by molar-refractivity contribution is 0.341. The molecule has 13 heavy (non-hydrogen) atoms. The van der Waals surface area contributed by atoms with Gasteiger partial charge in [0.25, 0.3) is 0 Å². The van der Waals surface area contributed by atoms with Crippen LogP contribution >= 0.6 is 0 Å². The van der Waals surface area contributed by atoms with Crippen molar-refractivity contribution in [3.8, 4) is 18.1 Å². The van der Waals surface area contributed by atoms with Gasteiger partial charge in [0, 0.05) is 12.1 Å². The third kappa shape index (κ3) is 2.15. The molecule has 0 saturated carbocycles. The van der Waals surface area contributed by atoms with E-state index in [0.29, 0.717) is 12.1 Å². The maximum atomic E-state index is 12.8. The summed E-state index contributed by atoms with van der Waals surface area (Å²) >= 11 is 0. The first-order chi connectivity index (χ1) is 6.15. The molecule has 0 amide bonds. The summed E-state index contributed by atoms with van der Waals surface area (Å²) in [6.07, 6.45) is 4.83. The molecule has 0 aromatic heterocycles. The first kappa shape index (κ1) is 9.46. The molecule has 0 bridgehead atoms. The lowest BCUT2D eigenvalue weighted by Crippen LogP contribution is -1.98. The minimum Gasteiger partial charge on any atom is -0.478 e. The van der Waals surface area contributed by atoms with Gasteiger partial charge in [-0.15, -0.1) is 6.42 Å². The van der Waals surface area contributed by atoms with E-state index in [9.17, 15) is 13.2 Å². The Morgan fingerprint density at radius 2 is 1.77 bits per heavy atom. The van der Waals surface area contributed by atoms with Crippen molar-refractivity contribution < 1.29 is 17.9 Å². The highest BCUT2D eigenvalue weighted by atomic mass is 19.2. The molecule has 0 fully saturated rings. The molecular weight excluding hydrogens is 181 g/mol. The molecule has 0 aliphatic heterocycles. The fourth-order valence-electron chi connectivity index (χ4n) is 0.734. The molecule has 0 heterocycles. The Morgan fingerprint density at radius 1 is 1.15 bits per heavy atom. The molecule has 0 atom stereocenters. The second-order valence-electron chi connectivity index (χ2n) is 2.19. The number of benzene rings is 1. The number of terminal acetylenes is 1. The van der Waals surface area contributed by atoms with Crippen LogP contribution < -0.4 is 4.74 Å². The molecule has 4 heteroatoms. The van der Waals surface area contributed by atoms with Gasteiger partial charge in [-0.1, -0.05) is 5.92 Å². The summed E-state index contributed by atoms with van der Waals surface area (Å²) in [6, 6.07) is 1.02. The molecule has 0 aliphatic rings. The van der Waals surface area contributed by atoms with Crippen LogP contribution in [0.1, 0.15) is 0 Å². The predicted octanol–water partition coefficient (Wildman–Crippen LogP) is 2.12. The summed E-state index contributed by atoms with van der Waals surface area (Å²) in [4.78, 5) is 0. The minimum atomic E-state index is -1.26. The number of halogens is 3. The van der Waals surface area contributed by atoms with Crippen LogP contribution in [0.5, 0.6) is 5.75 Å². The normalized spacial score (nSPS) is 9.38. The van der Waals surface area contributed by atoms with Crippen molar-refractivity contribution in [2.24, 2.45) is 0 Å². The first-order valence-corrected chi connectivity index (χ1v) is 3.36. The Balaban J connectivity index is 2.96. The standard InChI is InChI=1S/C9H5F3O/c1-2-3-13-9-5-7(11)6(10)4-8(9)12/h1,4-5H,3H2. The molecule has 0 radical (unpaired) electrons. The van der Waals surface area contributed by atoms with Crippen LogP contribution in [-0.2, 0) is 0 Å². The van der Waals surface area contributed by atoms with E-state index in [-0.39, 0.29) is 6.61 Å². The van der Waals surface area contributed by atoms with E-state index in [1.54, 1.807) is 0 Å². The van der Waals surface area contributed by atoms with Crippen molar-refractivity contribution >= 4 is 0 Å². The lowest BCUT2D eigenvalue weighted by atomic mass is 10.3. The van der Waals surface area contributed by atoms with Gasteiger partial charge in [0.2, 0.25) is 0 Å². The zero-order valence-corrected chi connectivity index (χ0v) is 6.48. The Morgan fingerprint density at radius 3 is 2.38 bits per heavy atom. The number of ether oxygens (including phenoxy) is 1. The van der Waals surface area contributed by atoms with E-state index < -0.39 is 23.2 Å². The summed E-state index contributed by atoms with van der Waals surface area (Å²) in [6.45, 7) is -0.192. The second-order valence-corrected chi connectivity index (χ2v) is 2.19. The van der Waals surface area contributed by atoms with Crippen molar-refractivity contribution in [1.82, 2.24) is 0 Å². The van der Waals surface area contributed by atoms with Crippen LogP contribution in [0.3, 0.4) is 0 Å². The van der Waals surface area contributed by atoms with Crippen molar-refractivity contribution in [2.75, 3.05) is 6.61 Å². The zero-order chi connectivity index (χ0) is 9.84. The fraction of sp³-hybridized carbons (Fsp3) is 0.111. The molecule has 0 spiro atoms. The van der Waals surface area contributed by atoms with E-state index in [0.717, 1.165) is 0 Å². The van der Waals surface area contributed by atoms with Gasteiger partial charge in [-0.05, 0) is 0 Å². The molecule has 1 aromatic carbocycles. The molecule has 68 valence electrons. The molecule has 0 unspecified atom stereocenters. The highest BCUT2D eigenvalue weighted by molar-refractivity contribution is 5.26. The molecule has 1 aromatic rings. The van der Waals surface area contributed by atoms with Gasteiger partial charge >= 0.3 is 0 Å². The lowest BCUT2D eigenvalue weighted by Gasteiger charge is -2.03. The van der Waals surface area contributed by atoms with Gasteiger partial charge in [-0.3, -0.25) is 0 Å². The van der Waals surface area contributed by atoms with Gasteiger partial charge in [0.15, 0.2) is 23.2 Å². The SMILES string of the molecule is C#CCOc1cc(F)c(F)cc1F. The minimum absolute atomic E-state index is 0.192. The molecular formula is C9H5F3O. The third-order valence-electron chi connectivity index (χ3n) is 1.29. The van der Waals surface area contributed by atoms with Crippen LogP contribution in [0, 0.1) is 29.8 Å².